The third-order valence-electron chi connectivity index (χ3n) is 3.24. The summed E-state index contributed by atoms with van der Waals surface area (Å²) in [6.45, 7) is 3.07. The predicted octanol–water partition coefficient (Wildman–Crippen LogP) is 4.69. The van der Waals surface area contributed by atoms with E-state index in [2.05, 4.69) is 0 Å². The van der Waals surface area contributed by atoms with Crippen LogP contribution in [-0.2, 0) is 6.18 Å². The van der Waals surface area contributed by atoms with Gasteiger partial charge in [0.2, 0.25) is 0 Å². The van der Waals surface area contributed by atoms with E-state index in [4.69, 9.17) is 0 Å². The van der Waals surface area contributed by atoms with E-state index in [1.54, 1.807) is 6.92 Å². The zero-order valence-electron chi connectivity index (χ0n) is 11.4. The summed E-state index contributed by atoms with van der Waals surface area (Å²) < 4.78 is 51.1. The van der Waals surface area contributed by atoms with E-state index in [1.807, 2.05) is 0 Å². The molecule has 2 aromatic rings. The van der Waals surface area contributed by atoms with Gasteiger partial charge in [-0.05, 0) is 49.2 Å². The van der Waals surface area contributed by atoms with Gasteiger partial charge in [0.1, 0.15) is 5.82 Å². The first kappa shape index (κ1) is 15.2. The molecular weight excluding hydrogens is 284 g/mol. The van der Waals surface area contributed by atoms with E-state index in [-0.39, 0.29) is 16.7 Å². The minimum absolute atomic E-state index is 0.136. The molecule has 0 N–H and O–H groups in total. The molecule has 0 radical (unpaired) electrons. The Labute approximate surface area is 119 Å². The van der Waals surface area contributed by atoms with Crippen LogP contribution in [0.4, 0.5) is 17.6 Å². The zero-order chi connectivity index (χ0) is 15.8. The SMILES string of the molecule is Cc1cc(C(F)(F)F)ccc1C(=O)c1cc(F)ccc1C. The van der Waals surface area contributed by atoms with Crippen LogP contribution in [-0.4, -0.2) is 5.78 Å². The number of rotatable bonds is 2. The lowest BCUT2D eigenvalue weighted by atomic mass is 9.94. The molecule has 0 aromatic heterocycles. The Balaban J connectivity index is 2.47. The highest BCUT2D eigenvalue weighted by atomic mass is 19.4. The molecule has 2 rings (SSSR count). The fourth-order valence-corrected chi connectivity index (χ4v) is 2.08. The van der Waals surface area contributed by atoms with E-state index in [9.17, 15) is 22.4 Å². The van der Waals surface area contributed by atoms with Crippen molar-refractivity contribution in [1.82, 2.24) is 0 Å². The van der Waals surface area contributed by atoms with Crippen molar-refractivity contribution in [3.05, 3.63) is 70.0 Å². The first-order chi connectivity index (χ1) is 9.70. The molecule has 0 saturated heterocycles. The summed E-state index contributed by atoms with van der Waals surface area (Å²) in [6.07, 6.45) is -4.46. The molecule has 0 aliphatic rings. The first-order valence-corrected chi connectivity index (χ1v) is 6.19. The lowest BCUT2D eigenvalue weighted by Gasteiger charge is -2.11. The molecule has 110 valence electrons. The summed E-state index contributed by atoms with van der Waals surface area (Å²) in [5.41, 5.74) is 0.251. The highest BCUT2D eigenvalue weighted by Crippen LogP contribution is 2.31. The predicted molar refractivity (Wildman–Crippen MR) is 70.8 cm³/mol. The van der Waals surface area contributed by atoms with Gasteiger partial charge < -0.3 is 0 Å². The molecule has 0 heterocycles. The Kier molecular flexibility index (Phi) is 3.85. The number of carbonyl (C=O) groups is 1. The van der Waals surface area contributed by atoms with Gasteiger partial charge >= 0.3 is 6.18 Å². The standard InChI is InChI=1S/C16H12F4O/c1-9-3-5-12(17)8-14(9)15(21)13-6-4-11(7-10(13)2)16(18,19)20/h3-8H,1-2H3. The van der Waals surface area contributed by atoms with Crippen LogP contribution in [0.1, 0.15) is 32.6 Å². The molecule has 0 aliphatic carbocycles. The molecule has 0 amide bonds. The van der Waals surface area contributed by atoms with Crippen LogP contribution in [0.3, 0.4) is 0 Å². The lowest BCUT2D eigenvalue weighted by Crippen LogP contribution is -2.10. The van der Waals surface area contributed by atoms with E-state index in [0.717, 1.165) is 24.3 Å². The lowest BCUT2D eigenvalue weighted by molar-refractivity contribution is -0.137. The molecule has 0 spiro atoms. The van der Waals surface area contributed by atoms with Gasteiger partial charge in [-0.25, -0.2) is 4.39 Å². The molecule has 2 aromatic carbocycles. The molecule has 0 aliphatic heterocycles. The van der Waals surface area contributed by atoms with Crippen molar-refractivity contribution in [2.75, 3.05) is 0 Å². The van der Waals surface area contributed by atoms with Crippen molar-refractivity contribution in [3.8, 4) is 0 Å². The summed E-state index contributed by atoms with van der Waals surface area (Å²) in [6, 6.07) is 6.68. The van der Waals surface area contributed by atoms with Crippen molar-refractivity contribution in [1.29, 1.82) is 0 Å². The van der Waals surface area contributed by atoms with Crippen LogP contribution >= 0.6 is 0 Å². The van der Waals surface area contributed by atoms with E-state index < -0.39 is 23.3 Å². The fraction of sp³-hybridized carbons (Fsp3) is 0.188. The molecule has 0 unspecified atom stereocenters. The van der Waals surface area contributed by atoms with Gasteiger partial charge in [0.15, 0.2) is 5.78 Å². The Morgan fingerprint density at radius 3 is 2.14 bits per heavy atom. The van der Waals surface area contributed by atoms with Crippen LogP contribution in [0.15, 0.2) is 36.4 Å². The van der Waals surface area contributed by atoms with Crippen molar-refractivity contribution >= 4 is 5.78 Å². The van der Waals surface area contributed by atoms with Gasteiger partial charge in [0, 0.05) is 11.1 Å². The normalized spacial score (nSPS) is 11.5. The summed E-state index contributed by atoms with van der Waals surface area (Å²) in [5, 5.41) is 0. The average molecular weight is 296 g/mol. The zero-order valence-corrected chi connectivity index (χ0v) is 11.4. The summed E-state index contributed by atoms with van der Waals surface area (Å²) >= 11 is 0. The van der Waals surface area contributed by atoms with Crippen molar-refractivity contribution in [3.63, 3.8) is 0 Å². The molecule has 5 heteroatoms. The number of hydrogen-bond donors (Lipinski definition) is 0. The topological polar surface area (TPSA) is 17.1 Å². The van der Waals surface area contributed by atoms with Crippen molar-refractivity contribution in [2.45, 2.75) is 20.0 Å². The summed E-state index contributed by atoms with van der Waals surface area (Å²) in [4.78, 5) is 12.4. The molecule has 1 nitrogen and oxygen atoms in total. The number of aryl methyl sites for hydroxylation is 2. The second-order valence-corrected chi connectivity index (χ2v) is 4.82. The van der Waals surface area contributed by atoms with Crippen LogP contribution in [0.5, 0.6) is 0 Å². The van der Waals surface area contributed by atoms with Crippen molar-refractivity contribution < 1.29 is 22.4 Å². The third-order valence-corrected chi connectivity index (χ3v) is 3.24. The first-order valence-electron chi connectivity index (χ1n) is 6.19. The molecule has 0 bridgehead atoms. The minimum Gasteiger partial charge on any atom is -0.289 e. The Hall–Kier alpha value is -2.17. The maximum absolute atomic E-state index is 13.2. The summed E-state index contributed by atoms with van der Waals surface area (Å²) in [7, 11) is 0. The van der Waals surface area contributed by atoms with Gasteiger partial charge in [-0.2, -0.15) is 13.2 Å². The molecule has 0 saturated carbocycles. The number of halogens is 4. The van der Waals surface area contributed by atoms with Crippen LogP contribution < -0.4 is 0 Å². The van der Waals surface area contributed by atoms with Crippen LogP contribution in [0, 0.1) is 19.7 Å². The molecule has 21 heavy (non-hydrogen) atoms. The second kappa shape index (κ2) is 5.31. The Morgan fingerprint density at radius 2 is 1.57 bits per heavy atom. The van der Waals surface area contributed by atoms with Gasteiger partial charge in [-0.15, -0.1) is 0 Å². The van der Waals surface area contributed by atoms with Gasteiger partial charge in [0.05, 0.1) is 5.56 Å². The maximum Gasteiger partial charge on any atom is 0.416 e. The smallest absolute Gasteiger partial charge is 0.289 e. The highest BCUT2D eigenvalue weighted by Gasteiger charge is 2.31. The van der Waals surface area contributed by atoms with Crippen LogP contribution in [0.25, 0.3) is 0 Å². The maximum atomic E-state index is 13.2. The number of benzene rings is 2. The largest absolute Gasteiger partial charge is 0.416 e. The van der Waals surface area contributed by atoms with E-state index >= 15 is 0 Å². The average Bonchev–Trinajstić information content (AvgIpc) is 2.39. The number of alkyl halides is 3. The fourth-order valence-electron chi connectivity index (χ4n) is 2.08. The number of carbonyl (C=O) groups excluding carboxylic acids is 1. The number of ketones is 1. The van der Waals surface area contributed by atoms with Gasteiger partial charge in [0.25, 0.3) is 0 Å². The molecular formula is C16H12F4O. The molecule has 0 atom stereocenters. The quantitative estimate of drug-likeness (QED) is 0.580. The molecule has 0 fully saturated rings. The Morgan fingerprint density at radius 1 is 0.905 bits per heavy atom. The Bertz CT molecular complexity index is 702. The minimum atomic E-state index is -4.46. The van der Waals surface area contributed by atoms with Crippen LogP contribution in [0.2, 0.25) is 0 Å². The van der Waals surface area contributed by atoms with Gasteiger partial charge in [-0.3, -0.25) is 4.79 Å². The van der Waals surface area contributed by atoms with Gasteiger partial charge in [-0.1, -0.05) is 12.1 Å². The van der Waals surface area contributed by atoms with E-state index in [1.165, 1.54) is 19.1 Å². The third kappa shape index (κ3) is 3.12. The highest BCUT2D eigenvalue weighted by molar-refractivity contribution is 6.10. The monoisotopic (exact) mass is 296 g/mol. The number of hydrogen-bond acceptors (Lipinski definition) is 1. The second-order valence-electron chi connectivity index (χ2n) is 4.82. The summed E-state index contributed by atoms with van der Waals surface area (Å²) in [5.74, 6) is -1.05. The van der Waals surface area contributed by atoms with E-state index in [0.29, 0.717) is 5.56 Å². The van der Waals surface area contributed by atoms with Crippen molar-refractivity contribution in [2.24, 2.45) is 0 Å².